The van der Waals surface area contributed by atoms with Gasteiger partial charge in [0, 0.05) is 23.3 Å². The first-order valence-corrected chi connectivity index (χ1v) is 8.72. The van der Waals surface area contributed by atoms with E-state index in [9.17, 15) is 19.5 Å². The maximum atomic E-state index is 12.2. The number of alkyl carbamates (subject to hydrolysis) is 1. The number of halogens is 1. The molecular formula is C18H23ClNNaO6. The summed E-state index contributed by atoms with van der Waals surface area (Å²) in [5, 5.41) is 13.9. The van der Waals surface area contributed by atoms with Gasteiger partial charge in [-0.3, -0.25) is 4.79 Å². The summed E-state index contributed by atoms with van der Waals surface area (Å²) in [5.74, 6) is -1.95. The molecule has 7 nitrogen and oxygen atoms in total. The Labute approximate surface area is 186 Å². The van der Waals surface area contributed by atoms with E-state index in [0.29, 0.717) is 10.6 Å². The van der Waals surface area contributed by atoms with Crippen molar-refractivity contribution in [1.82, 2.24) is 5.32 Å². The maximum Gasteiger partial charge on any atom is 1.00 e. The Hall–Kier alpha value is -1.28. The smallest absolute Gasteiger partial charge is 0.550 e. The largest absolute Gasteiger partial charge is 1.00 e. The van der Waals surface area contributed by atoms with E-state index in [4.69, 9.17) is 21.1 Å². The van der Waals surface area contributed by atoms with Gasteiger partial charge in [-0.2, -0.15) is 0 Å². The molecule has 0 heterocycles. The van der Waals surface area contributed by atoms with E-state index < -0.39 is 30.4 Å². The predicted molar refractivity (Wildman–Crippen MR) is 93.1 cm³/mol. The van der Waals surface area contributed by atoms with E-state index in [-0.39, 0.29) is 54.7 Å². The van der Waals surface area contributed by atoms with Crippen LogP contribution < -0.4 is 40.0 Å². The molecule has 0 aliphatic rings. The third-order valence-electron chi connectivity index (χ3n) is 3.51. The van der Waals surface area contributed by atoms with E-state index in [0.717, 1.165) is 0 Å². The summed E-state index contributed by atoms with van der Waals surface area (Å²) in [6.45, 7) is 5.12. The maximum absolute atomic E-state index is 12.2. The van der Waals surface area contributed by atoms with E-state index in [1.165, 1.54) is 0 Å². The number of hydrogen-bond donors (Lipinski definition) is 1. The Bertz CT molecular complexity index is 623. The van der Waals surface area contributed by atoms with Gasteiger partial charge in [-0.05, 0) is 30.5 Å². The minimum Gasteiger partial charge on any atom is -0.550 e. The number of aliphatic carboxylic acids is 1. The van der Waals surface area contributed by atoms with Crippen molar-refractivity contribution in [2.75, 3.05) is 0 Å². The first-order chi connectivity index (χ1) is 12.2. The number of benzene rings is 1. The van der Waals surface area contributed by atoms with Gasteiger partial charge in [0.25, 0.3) is 6.29 Å². The summed E-state index contributed by atoms with van der Waals surface area (Å²) in [5.41, 5.74) is 0.666. The molecule has 1 aromatic rings. The van der Waals surface area contributed by atoms with Crippen LogP contribution in [0.4, 0.5) is 4.79 Å². The van der Waals surface area contributed by atoms with Crippen LogP contribution in [0.5, 0.6) is 0 Å². The van der Waals surface area contributed by atoms with E-state index >= 15 is 0 Å². The van der Waals surface area contributed by atoms with Crippen molar-refractivity contribution >= 4 is 29.6 Å². The summed E-state index contributed by atoms with van der Waals surface area (Å²) in [6.07, 6.45) is -1.82. The predicted octanol–water partition coefficient (Wildman–Crippen LogP) is -0.423. The molecule has 0 spiro atoms. The normalized spacial score (nSPS) is 12.5. The van der Waals surface area contributed by atoms with Gasteiger partial charge in [0.1, 0.15) is 0 Å². The molecule has 0 fully saturated rings. The van der Waals surface area contributed by atoms with E-state index in [2.05, 4.69) is 5.32 Å². The van der Waals surface area contributed by atoms with Gasteiger partial charge >= 0.3 is 41.6 Å². The van der Waals surface area contributed by atoms with E-state index in [1.807, 2.05) is 0 Å². The molecule has 0 aromatic heterocycles. The minimum absolute atomic E-state index is 0. The second-order valence-corrected chi connectivity index (χ2v) is 6.46. The number of amides is 1. The summed E-state index contributed by atoms with van der Waals surface area (Å²) in [6, 6.07) is 6.01. The molecule has 0 bridgehead atoms. The average molecular weight is 408 g/mol. The molecule has 27 heavy (non-hydrogen) atoms. The van der Waals surface area contributed by atoms with Gasteiger partial charge in [0.15, 0.2) is 0 Å². The molecule has 0 radical (unpaired) electrons. The molecule has 9 heteroatoms. The fraction of sp³-hybridized carbons (Fsp3) is 0.500. The number of rotatable bonds is 9. The van der Waals surface area contributed by atoms with Crippen molar-refractivity contribution in [3.63, 3.8) is 0 Å². The molecule has 144 valence electrons. The van der Waals surface area contributed by atoms with Crippen molar-refractivity contribution in [3.05, 3.63) is 34.9 Å². The third kappa shape index (κ3) is 10.0. The van der Waals surface area contributed by atoms with Gasteiger partial charge in [0.05, 0.1) is 6.04 Å². The van der Waals surface area contributed by atoms with Crippen LogP contribution in [0.2, 0.25) is 5.02 Å². The zero-order valence-electron chi connectivity index (χ0n) is 16.0. The summed E-state index contributed by atoms with van der Waals surface area (Å²) >= 11 is 5.85. The van der Waals surface area contributed by atoms with Gasteiger partial charge in [-0.15, -0.1) is 0 Å². The first kappa shape index (κ1) is 25.7. The fourth-order valence-corrected chi connectivity index (χ4v) is 2.20. The molecular weight excluding hydrogens is 385 g/mol. The van der Waals surface area contributed by atoms with Crippen LogP contribution in [0, 0.1) is 5.92 Å². The number of carboxylic acid groups (broad SMARTS) is 1. The van der Waals surface area contributed by atoms with Gasteiger partial charge < -0.3 is 24.7 Å². The van der Waals surface area contributed by atoms with Crippen molar-refractivity contribution in [3.8, 4) is 0 Å². The standard InChI is InChI=1S/C18H24ClNO6.Na/c1-4-16(23)25-17(11(2)3)26-18(24)20-14(9-10-15(21)22)12-5-7-13(19)8-6-12;/h5-8,11,14,17H,4,9-10H2,1-3H3,(H,20,24)(H,21,22);/q;+1/p-1. The molecule has 0 saturated carbocycles. The van der Waals surface area contributed by atoms with Gasteiger partial charge in [-0.1, -0.05) is 44.5 Å². The summed E-state index contributed by atoms with van der Waals surface area (Å²) in [7, 11) is 0. The summed E-state index contributed by atoms with van der Waals surface area (Å²) in [4.78, 5) is 34.4. The molecule has 1 rings (SSSR count). The van der Waals surface area contributed by atoms with Crippen LogP contribution in [0.1, 0.15) is 51.6 Å². The molecule has 1 aromatic carbocycles. The Kier molecular flexibility index (Phi) is 12.4. The Balaban J connectivity index is 0.00000676. The van der Waals surface area contributed by atoms with Crippen LogP contribution in [-0.2, 0) is 19.1 Å². The quantitative estimate of drug-likeness (QED) is 0.338. The SMILES string of the molecule is CCC(=O)OC(OC(=O)NC(CCC(=O)[O-])c1ccc(Cl)cc1)C(C)C.[Na+]. The molecule has 1 N–H and O–H groups in total. The Morgan fingerprint density at radius 2 is 1.74 bits per heavy atom. The van der Waals surface area contributed by atoms with Crippen molar-refractivity contribution in [1.29, 1.82) is 0 Å². The second-order valence-electron chi connectivity index (χ2n) is 6.02. The molecule has 2 unspecified atom stereocenters. The molecule has 0 aliphatic heterocycles. The van der Waals surface area contributed by atoms with Crippen molar-refractivity contribution < 1.29 is 58.5 Å². The molecule has 1 amide bonds. The fourth-order valence-electron chi connectivity index (χ4n) is 2.07. The van der Waals surface area contributed by atoms with Crippen LogP contribution in [-0.4, -0.2) is 24.3 Å². The van der Waals surface area contributed by atoms with Crippen LogP contribution in [0.3, 0.4) is 0 Å². The first-order valence-electron chi connectivity index (χ1n) is 8.34. The van der Waals surface area contributed by atoms with E-state index in [1.54, 1.807) is 45.0 Å². The third-order valence-corrected chi connectivity index (χ3v) is 3.76. The minimum atomic E-state index is -1.23. The van der Waals surface area contributed by atoms with Crippen molar-refractivity contribution in [2.24, 2.45) is 5.92 Å². The summed E-state index contributed by atoms with van der Waals surface area (Å²) < 4.78 is 10.3. The second kappa shape index (κ2) is 13.0. The van der Waals surface area contributed by atoms with Crippen LogP contribution >= 0.6 is 11.6 Å². The topological polar surface area (TPSA) is 105 Å². The number of carbonyl (C=O) groups excluding carboxylic acids is 3. The van der Waals surface area contributed by atoms with Gasteiger partial charge in [0.2, 0.25) is 0 Å². The Morgan fingerprint density at radius 3 is 2.22 bits per heavy atom. The molecule has 2 atom stereocenters. The zero-order chi connectivity index (χ0) is 19.7. The number of carbonyl (C=O) groups is 3. The number of esters is 1. The number of nitrogens with one attached hydrogen (secondary N) is 1. The number of carboxylic acids is 1. The number of ether oxygens (including phenoxy) is 2. The number of hydrogen-bond acceptors (Lipinski definition) is 6. The average Bonchev–Trinajstić information content (AvgIpc) is 2.58. The monoisotopic (exact) mass is 407 g/mol. The van der Waals surface area contributed by atoms with Crippen molar-refractivity contribution in [2.45, 2.75) is 52.4 Å². The van der Waals surface area contributed by atoms with Crippen LogP contribution in [0.15, 0.2) is 24.3 Å². The van der Waals surface area contributed by atoms with Crippen LogP contribution in [0.25, 0.3) is 0 Å². The molecule has 0 saturated heterocycles. The Morgan fingerprint density at radius 1 is 1.15 bits per heavy atom. The molecule has 0 aliphatic carbocycles. The van der Waals surface area contributed by atoms with Gasteiger partial charge in [-0.25, -0.2) is 4.79 Å². The zero-order valence-corrected chi connectivity index (χ0v) is 18.7.